The third-order valence-electron chi connectivity index (χ3n) is 3.97. The third kappa shape index (κ3) is 4.31. The lowest BCUT2D eigenvalue weighted by Gasteiger charge is -2.16. The van der Waals surface area contributed by atoms with Crippen molar-refractivity contribution in [2.75, 3.05) is 6.61 Å². The highest BCUT2D eigenvalue weighted by molar-refractivity contribution is 5.92. The summed E-state index contributed by atoms with van der Waals surface area (Å²) in [5.74, 6) is -0.644. The van der Waals surface area contributed by atoms with Crippen molar-refractivity contribution in [3.8, 4) is 0 Å². The number of carbonyl (C=O) groups excluding carboxylic acids is 1. The van der Waals surface area contributed by atoms with Crippen LogP contribution in [0.2, 0.25) is 0 Å². The summed E-state index contributed by atoms with van der Waals surface area (Å²) in [4.78, 5) is 12.1. The molecule has 0 aromatic heterocycles. The van der Waals surface area contributed by atoms with Crippen LogP contribution in [0.1, 0.15) is 17.2 Å². The molecule has 2 N–H and O–H groups in total. The lowest BCUT2D eigenvalue weighted by Crippen LogP contribution is -2.29. The van der Waals surface area contributed by atoms with Gasteiger partial charge in [-0.3, -0.25) is 4.79 Å². The molecule has 0 aliphatic carbocycles. The lowest BCUT2D eigenvalue weighted by atomic mass is 10.0. The molecule has 0 spiro atoms. The summed E-state index contributed by atoms with van der Waals surface area (Å²) < 4.78 is 12.9. The van der Waals surface area contributed by atoms with E-state index in [-0.39, 0.29) is 18.3 Å². The summed E-state index contributed by atoms with van der Waals surface area (Å²) in [6, 6.07) is 19.1. The first kappa shape index (κ1) is 16.9. The van der Waals surface area contributed by atoms with Crippen LogP contribution in [0.5, 0.6) is 0 Å². The van der Waals surface area contributed by atoms with E-state index in [0.717, 1.165) is 21.9 Å². The van der Waals surface area contributed by atoms with E-state index in [1.807, 2.05) is 42.5 Å². The molecule has 3 rings (SSSR count). The molecule has 0 fully saturated rings. The molecule has 4 heteroatoms. The van der Waals surface area contributed by atoms with Crippen LogP contribution in [0, 0.1) is 5.82 Å². The molecular formula is C21H18FNO2. The Hall–Kier alpha value is -2.98. The summed E-state index contributed by atoms with van der Waals surface area (Å²) in [6.45, 7) is -0.200. The van der Waals surface area contributed by atoms with Gasteiger partial charge in [0, 0.05) is 6.08 Å². The Labute approximate surface area is 145 Å². The van der Waals surface area contributed by atoms with E-state index in [0.29, 0.717) is 0 Å². The molecule has 0 heterocycles. The van der Waals surface area contributed by atoms with Crippen molar-refractivity contribution >= 4 is 22.8 Å². The second-order valence-corrected chi connectivity index (χ2v) is 5.74. The van der Waals surface area contributed by atoms with Gasteiger partial charge in [-0.2, -0.15) is 0 Å². The minimum Gasteiger partial charge on any atom is -0.394 e. The number of aliphatic hydroxyl groups excluding tert-OH is 1. The quantitative estimate of drug-likeness (QED) is 0.696. The molecule has 3 nitrogen and oxygen atoms in total. The van der Waals surface area contributed by atoms with Gasteiger partial charge in [-0.1, -0.05) is 48.5 Å². The summed E-state index contributed by atoms with van der Waals surface area (Å²) in [5.41, 5.74) is 1.56. The minimum absolute atomic E-state index is 0.200. The van der Waals surface area contributed by atoms with Crippen LogP contribution < -0.4 is 5.32 Å². The average Bonchev–Trinajstić information content (AvgIpc) is 2.65. The van der Waals surface area contributed by atoms with Gasteiger partial charge in [-0.05, 0) is 46.2 Å². The molecule has 3 aromatic rings. The Kier molecular flexibility index (Phi) is 5.21. The Balaban J connectivity index is 1.71. The molecule has 0 aliphatic rings. The van der Waals surface area contributed by atoms with Crippen molar-refractivity contribution in [2.45, 2.75) is 6.04 Å². The molecule has 0 saturated heterocycles. The number of benzene rings is 3. The Morgan fingerprint density at radius 3 is 2.48 bits per heavy atom. The summed E-state index contributed by atoms with van der Waals surface area (Å²) >= 11 is 0. The molecule has 126 valence electrons. The van der Waals surface area contributed by atoms with Gasteiger partial charge in [0.25, 0.3) is 0 Å². The number of halogens is 1. The lowest BCUT2D eigenvalue weighted by molar-refractivity contribution is -0.117. The van der Waals surface area contributed by atoms with Crippen LogP contribution in [-0.4, -0.2) is 17.6 Å². The molecule has 0 radical (unpaired) electrons. The molecule has 25 heavy (non-hydrogen) atoms. The van der Waals surface area contributed by atoms with Gasteiger partial charge in [0.2, 0.25) is 5.91 Å². The van der Waals surface area contributed by atoms with E-state index >= 15 is 0 Å². The average molecular weight is 335 g/mol. The van der Waals surface area contributed by atoms with Crippen LogP contribution in [0.4, 0.5) is 4.39 Å². The third-order valence-corrected chi connectivity index (χ3v) is 3.97. The van der Waals surface area contributed by atoms with Gasteiger partial charge in [0.1, 0.15) is 5.82 Å². The second-order valence-electron chi connectivity index (χ2n) is 5.74. The topological polar surface area (TPSA) is 49.3 Å². The van der Waals surface area contributed by atoms with E-state index in [4.69, 9.17) is 0 Å². The van der Waals surface area contributed by atoms with E-state index < -0.39 is 6.04 Å². The summed E-state index contributed by atoms with van der Waals surface area (Å²) in [7, 11) is 0. The molecular weight excluding hydrogens is 317 g/mol. The number of rotatable bonds is 5. The maximum atomic E-state index is 12.9. The summed E-state index contributed by atoms with van der Waals surface area (Å²) in [5, 5.41) is 14.6. The normalized spacial score (nSPS) is 12.4. The van der Waals surface area contributed by atoms with Gasteiger partial charge in [-0.25, -0.2) is 4.39 Å². The zero-order valence-corrected chi connectivity index (χ0v) is 13.5. The highest BCUT2D eigenvalue weighted by atomic mass is 19.1. The second kappa shape index (κ2) is 7.73. The van der Waals surface area contributed by atoms with Crippen LogP contribution in [0.25, 0.3) is 16.8 Å². The van der Waals surface area contributed by atoms with Gasteiger partial charge in [-0.15, -0.1) is 0 Å². The molecule has 0 aliphatic heterocycles. The predicted molar refractivity (Wildman–Crippen MR) is 97.4 cm³/mol. The number of carbonyl (C=O) groups is 1. The zero-order valence-electron chi connectivity index (χ0n) is 13.5. The molecule has 3 aromatic carbocycles. The van der Waals surface area contributed by atoms with Crippen molar-refractivity contribution < 1.29 is 14.3 Å². The van der Waals surface area contributed by atoms with Crippen LogP contribution in [0.15, 0.2) is 72.8 Å². The molecule has 0 bridgehead atoms. The number of hydrogen-bond acceptors (Lipinski definition) is 2. The first-order valence-electron chi connectivity index (χ1n) is 7.99. The van der Waals surface area contributed by atoms with Crippen LogP contribution >= 0.6 is 0 Å². The van der Waals surface area contributed by atoms with Crippen LogP contribution in [0.3, 0.4) is 0 Å². The fourth-order valence-electron chi connectivity index (χ4n) is 2.62. The molecule has 1 atom stereocenters. The zero-order chi connectivity index (χ0) is 17.6. The Morgan fingerprint density at radius 2 is 1.76 bits per heavy atom. The number of hydrogen-bond donors (Lipinski definition) is 2. The van der Waals surface area contributed by atoms with Gasteiger partial charge in [0.15, 0.2) is 0 Å². The predicted octanol–water partition coefficient (Wildman–Crippen LogP) is 3.84. The SMILES string of the molecule is O=C(/C=C/c1ccc(F)cc1)NC(CO)c1ccc2ccccc2c1. The highest BCUT2D eigenvalue weighted by Crippen LogP contribution is 2.20. The van der Waals surface area contributed by atoms with Crippen LogP contribution in [-0.2, 0) is 4.79 Å². The largest absolute Gasteiger partial charge is 0.394 e. The number of fused-ring (bicyclic) bond motifs is 1. The first-order valence-corrected chi connectivity index (χ1v) is 7.99. The fourth-order valence-corrected chi connectivity index (χ4v) is 2.62. The van der Waals surface area contributed by atoms with Crippen molar-refractivity contribution in [3.05, 3.63) is 89.8 Å². The number of nitrogens with one attached hydrogen (secondary N) is 1. The number of aliphatic hydroxyl groups is 1. The van der Waals surface area contributed by atoms with Crippen molar-refractivity contribution in [1.82, 2.24) is 5.32 Å². The Bertz CT molecular complexity index is 903. The maximum absolute atomic E-state index is 12.9. The highest BCUT2D eigenvalue weighted by Gasteiger charge is 2.12. The monoisotopic (exact) mass is 335 g/mol. The summed E-state index contributed by atoms with van der Waals surface area (Å²) in [6.07, 6.45) is 2.97. The van der Waals surface area contributed by atoms with E-state index in [1.165, 1.54) is 18.2 Å². The van der Waals surface area contributed by atoms with E-state index in [2.05, 4.69) is 5.32 Å². The minimum atomic E-state index is -0.491. The fraction of sp³-hybridized carbons (Fsp3) is 0.0952. The molecule has 1 amide bonds. The first-order chi connectivity index (χ1) is 12.2. The number of amides is 1. The van der Waals surface area contributed by atoms with Crippen molar-refractivity contribution in [1.29, 1.82) is 0 Å². The van der Waals surface area contributed by atoms with Crippen molar-refractivity contribution in [2.24, 2.45) is 0 Å². The van der Waals surface area contributed by atoms with Crippen molar-refractivity contribution in [3.63, 3.8) is 0 Å². The maximum Gasteiger partial charge on any atom is 0.244 e. The van der Waals surface area contributed by atoms with Gasteiger partial charge < -0.3 is 10.4 Å². The van der Waals surface area contributed by atoms with E-state index in [1.54, 1.807) is 18.2 Å². The standard InChI is InChI=1S/C21H18FNO2/c22-19-10-5-15(6-11-19)7-12-21(25)23-20(14-24)18-9-8-16-3-1-2-4-17(16)13-18/h1-13,20,24H,14H2,(H,23,25)/b12-7+. The smallest absolute Gasteiger partial charge is 0.244 e. The molecule has 0 saturated carbocycles. The van der Waals surface area contributed by atoms with E-state index in [9.17, 15) is 14.3 Å². The van der Waals surface area contributed by atoms with Gasteiger partial charge >= 0.3 is 0 Å². The Morgan fingerprint density at radius 1 is 1.04 bits per heavy atom. The van der Waals surface area contributed by atoms with Gasteiger partial charge in [0.05, 0.1) is 12.6 Å². The molecule has 1 unspecified atom stereocenters.